The highest BCUT2D eigenvalue weighted by atomic mass is 16.6. The van der Waals surface area contributed by atoms with Crippen molar-refractivity contribution in [3.8, 4) is 6.07 Å². The van der Waals surface area contributed by atoms with Crippen LogP contribution in [0.1, 0.15) is 37.8 Å². The van der Waals surface area contributed by atoms with Gasteiger partial charge in [-0.2, -0.15) is 5.26 Å². The van der Waals surface area contributed by atoms with Crippen LogP contribution in [0.4, 0.5) is 16.2 Å². The molecular formula is C27H27N3O4. The third-order valence-electron chi connectivity index (χ3n) is 5.96. The monoisotopic (exact) mass is 457 g/mol. The molecule has 3 aromatic rings. The van der Waals surface area contributed by atoms with Gasteiger partial charge in [0.1, 0.15) is 11.5 Å². The molecule has 7 heteroatoms. The number of likely N-dealkylation sites (N-methyl/N-ethyl adjacent to an activating group) is 1. The lowest BCUT2D eigenvalue weighted by molar-refractivity contribution is -0.139. The molecule has 1 aliphatic heterocycles. The van der Waals surface area contributed by atoms with E-state index in [0.717, 1.165) is 16.5 Å². The maximum absolute atomic E-state index is 13.3. The number of nitrogens with zero attached hydrogens (tertiary/aromatic N) is 3. The van der Waals surface area contributed by atoms with Gasteiger partial charge in [-0.1, -0.05) is 36.4 Å². The fourth-order valence-electron chi connectivity index (χ4n) is 4.45. The molecule has 34 heavy (non-hydrogen) atoms. The fourth-order valence-corrected chi connectivity index (χ4v) is 4.45. The Hall–Kier alpha value is -4.05. The van der Waals surface area contributed by atoms with Crippen molar-refractivity contribution in [1.29, 1.82) is 5.26 Å². The van der Waals surface area contributed by atoms with Crippen LogP contribution in [0.5, 0.6) is 0 Å². The molecule has 174 valence electrons. The van der Waals surface area contributed by atoms with E-state index in [9.17, 15) is 20.0 Å². The standard InChI is InChI=1S/C27H27N3O4/c1-27(2,3)34-26(33)30-22-13-17(15-28)9-12-21(22)24(25(31)32)23(30)16-29(4)20-11-10-18-7-5-6-8-19(18)14-20/h5-14,23-24H,16H2,1-4H3,(H,31,32). The van der Waals surface area contributed by atoms with Crippen molar-refractivity contribution < 1.29 is 19.4 Å². The van der Waals surface area contributed by atoms with Crippen molar-refractivity contribution in [1.82, 2.24) is 0 Å². The molecule has 0 radical (unpaired) electrons. The Morgan fingerprint density at radius 2 is 1.79 bits per heavy atom. The van der Waals surface area contributed by atoms with Crippen LogP contribution in [0.25, 0.3) is 10.8 Å². The topological polar surface area (TPSA) is 93.9 Å². The highest BCUT2D eigenvalue weighted by Gasteiger charge is 2.47. The van der Waals surface area contributed by atoms with Crippen molar-refractivity contribution in [2.75, 3.05) is 23.4 Å². The van der Waals surface area contributed by atoms with Gasteiger partial charge in [-0.25, -0.2) is 4.79 Å². The van der Waals surface area contributed by atoms with E-state index in [-0.39, 0.29) is 6.54 Å². The number of aliphatic carboxylic acids is 1. The highest BCUT2D eigenvalue weighted by Crippen LogP contribution is 2.43. The molecule has 2 atom stereocenters. The minimum Gasteiger partial charge on any atom is -0.481 e. The lowest BCUT2D eigenvalue weighted by Gasteiger charge is -2.33. The Balaban J connectivity index is 1.75. The number of ether oxygens (including phenoxy) is 1. The smallest absolute Gasteiger partial charge is 0.415 e. The molecule has 4 rings (SSSR count). The molecule has 1 amide bonds. The molecule has 0 aliphatic carbocycles. The van der Waals surface area contributed by atoms with Crippen LogP contribution < -0.4 is 9.80 Å². The molecule has 0 saturated carbocycles. The number of carbonyl (C=O) groups is 2. The predicted molar refractivity (Wildman–Crippen MR) is 131 cm³/mol. The van der Waals surface area contributed by atoms with E-state index in [2.05, 4.69) is 6.07 Å². The maximum Gasteiger partial charge on any atom is 0.415 e. The number of carbonyl (C=O) groups excluding carboxylic acids is 1. The first-order valence-corrected chi connectivity index (χ1v) is 11.1. The summed E-state index contributed by atoms with van der Waals surface area (Å²) in [6.07, 6.45) is -0.635. The summed E-state index contributed by atoms with van der Waals surface area (Å²) < 4.78 is 5.65. The zero-order valence-electron chi connectivity index (χ0n) is 19.6. The molecule has 1 N–H and O–H groups in total. The number of benzene rings is 3. The Kier molecular flexibility index (Phi) is 5.92. The van der Waals surface area contributed by atoms with Crippen molar-refractivity contribution in [2.24, 2.45) is 0 Å². The number of anilines is 2. The molecule has 2 unspecified atom stereocenters. The van der Waals surface area contributed by atoms with Crippen molar-refractivity contribution in [3.63, 3.8) is 0 Å². The minimum atomic E-state index is -1.03. The van der Waals surface area contributed by atoms with Crippen molar-refractivity contribution in [3.05, 3.63) is 71.8 Å². The van der Waals surface area contributed by atoms with Crippen LogP contribution in [0.2, 0.25) is 0 Å². The number of hydrogen-bond acceptors (Lipinski definition) is 5. The molecule has 1 heterocycles. The lowest BCUT2D eigenvalue weighted by atomic mass is 9.94. The molecule has 0 aromatic heterocycles. The average molecular weight is 458 g/mol. The summed E-state index contributed by atoms with van der Waals surface area (Å²) in [5.74, 6) is -1.99. The van der Waals surface area contributed by atoms with Crippen molar-refractivity contribution >= 4 is 34.2 Å². The largest absolute Gasteiger partial charge is 0.481 e. The summed E-state index contributed by atoms with van der Waals surface area (Å²) in [7, 11) is 1.87. The van der Waals surface area contributed by atoms with E-state index in [1.165, 1.54) is 4.90 Å². The minimum absolute atomic E-state index is 0.255. The number of hydrogen-bond donors (Lipinski definition) is 1. The third-order valence-corrected chi connectivity index (χ3v) is 5.96. The zero-order chi connectivity index (χ0) is 24.6. The lowest BCUT2D eigenvalue weighted by Crippen LogP contribution is -2.49. The maximum atomic E-state index is 13.3. The normalized spacial score (nSPS) is 17.2. The number of carboxylic acid groups (broad SMARTS) is 1. The number of rotatable bonds is 4. The van der Waals surface area contributed by atoms with Gasteiger partial charge in [0, 0.05) is 19.3 Å². The Morgan fingerprint density at radius 3 is 2.44 bits per heavy atom. The van der Waals surface area contributed by atoms with Crippen molar-refractivity contribution in [2.45, 2.75) is 38.3 Å². The molecule has 1 aliphatic rings. The molecule has 0 fully saturated rings. The van der Waals surface area contributed by atoms with E-state index < -0.39 is 29.6 Å². The van der Waals surface area contributed by atoms with Gasteiger partial charge >= 0.3 is 12.1 Å². The first-order valence-electron chi connectivity index (χ1n) is 11.1. The molecule has 7 nitrogen and oxygen atoms in total. The summed E-state index contributed by atoms with van der Waals surface area (Å²) in [6, 6.07) is 20.1. The van der Waals surface area contributed by atoms with Crippen LogP contribution in [0.15, 0.2) is 60.7 Å². The van der Waals surface area contributed by atoms with E-state index in [1.54, 1.807) is 39.0 Å². The number of fused-ring (bicyclic) bond motifs is 2. The van der Waals surface area contributed by atoms with Gasteiger partial charge in [-0.05, 0) is 61.4 Å². The van der Waals surface area contributed by atoms with Crippen LogP contribution in [-0.4, -0.2) is 42.4 Å². The van der Waals surface area contributed by atoms with Crippen LogP contribution in [0, 0.1) is 11.3 Å². The van der Waals surface area contributed by atoms with Crippen LogP contribution >= 0.6 is 0 Å². The molecule has 0 saturated heterocycles. The SMILES string of the molecule is CN(CC1C(C(=O)O)c2ccc(C#N)cc2N1C(=O)OC(C)(C)C)c1ccc2ccccc2c1. The van der Waals surface area contributed by atoms with Gasteiger partial charge in [-0.15, -0.1) is 0 Å². The molecular weight excluding hydrogens is 430 g/mol. The predicted octanol–water partition coefficient (Wildman–Crippen LogP) is 5.14. The van der Waals surface area contributed by atoms with E-state index >= 15 is 0 Å². The van der Waals surface area contributed by atoms with Gasteiger partial charge < -0.3 is 14.7 Å². The van der Waals surface area contributed by atoms with Gasteiger partial charge in [-0.3, -0.25) is 9.69 Å². The number of amides is 1. The Bertz CT molecular complexity index is 1310. The molecule has 0 bridgehead atoms. The summed E-state index contributed by atoms with van der Waals surface area (Å²) in [5.41, 5.74) is 1.38. The second-order valence-electron chi connectivity index (χ2n) is 9.53. The average Bonchev–Trinajstić information content (AvgIpc) is 3.10. The first kappa shape index (κ1) is 23.1. The zero-order valence-corrected chi connectivity index (χ0v) is 19.6. The van der Waals surface area contributed by atoms with E-state index in [1.807, 2.05) is 54.4 Å². The Morgan fingerprint density at radius 1 is 1.09 bits per heavy atom. The van der Waals surface area contributed by atoms with E-state index in [4.69, 9.17) is 4.74 Å². The van der Waals surface area contributed by atoms with E-state index in [0.29, 0.717) is 16.8 Å². The summed E-state index contributed by atoms with van der Waals surface area (Å²) in [6.45, 7) is 5.54. The van der Waals surface area contributed by atoms with Crippen LogP contribution in [-0.2, 0) is 9.53 Å². The fraction of sp³-hybridized carbons (Fsp3) is 0.296. The van der Waals surface area contributed by atoms with Crippen LogP contribution in [0.3, 0.4) is 0 Å². The summed E-state index contributed by atoms with van der Waals surface area (Å²) in [4.78, 5) is 29.1. The van der Waals surface area contributed by atoms with Gasteiger partial charge in [0.2, 0.25) is 0 Å². The molecule has 3 aromatic carbocycles. The summed E-state index contributed by atoms with van der Waals surface area (Å²) >= 11 is 0. The van der Waals surface area contributed by atoms with Gasteiger partial charge in [0.25, 0.3) is 0 Å². The third kappa shape index (κ3) is 4.40. The van der Waals surface area contributed by atoms with Gasteiger partial charge in [0.15, 0.2) is 0 Å². The van der Waals surface area contributed by atoms with Gasteiger partial charge in [0.05, 0.1) is 23.4 Å². The summed E-state index contributed by atoms with van der Waals surface area (Å²) in [5, 5.41) is 21.7. The quantitative estimate of drug-likeness (QED) is 0.583. The first-order chi connectivity index (χ1) is 16.1. The molecule has 0 spiro atoms. The second-order valence-corrected chi connectivity index (χ2v) is 9.53. The second kappa shape index (κ2) is 8.71. The number of nitriles is 1. The number of carboxylic acids is 1. The highest BCUT2D eigenvalue weighted by molar-refractivity contribution is 5.97. The Labute approximate surface area is 198 Å².